The van der Waals surface area contributed by atoms with Crippen LogP contribution in [0.15, 0.2) is 0 Å². The zero-order valence-electron chi connectivity index (χ0n) is 11.9. The molecule has 19 heavy (non-hydrogen) atoms. The van der Waals surface area contributed by atoms with Gasteiger partial charge in [-0.3, -0.25) is 4.79 Å². The first-order valence-corrected chi connectivity index (χ1v) is 7.06. The number of ether oxygens (including phenoxy) is 1. The number of unbranched alkanes of at least 4 members (excludes halogenated alkanes) is 1. The molecule has 2 N–H and O–H groups in total. The molecule has 1 aliphatic heterocycles. The Morgan fingerprint density at radius 2 is 1.74 bits per heavy atom. The molecule has 1 atom stereocenters. The number of hydrogen-bond acceptors (Lipinski definition) is 4. The van der Waals surface area contributed by atoms with Crippen LogP contribution in [0.3, 0.4) is 0 Å². The van der Waals surface area contributed by atoms with E-state index >= 15 is 0 Å². The van der Waals surface area contributed by atoms with Crippen molar-refractivity contribution in [1.82, 2.24) is 9.80 Å². The van der Waals surface area contributed by atoms with Crippen LogP contribution in [-0.4, -0.2) is 60.6 Å². The highest BCUT2D eigenvalue weighted by Gasteiger charge is 2.26. The molecule has 1 fully saturated rings. The van der Waals surface area contributed by atoms with Gasteiger partial charge in [-0.15, -0.1) is 0 Å². The van der Waals surface area contributed by atoms with Crippen molar-refractivity contribution in [1.29, 1.82) is 0 Å². The van der Waals surface area contributed by atoms with Crippen molar-refractivity contribution in [2.45, 2.75) is 39.2 Å². The van der Waals surface area contributed by atoms with Crippen LogP contribution in [0, 0.1) is 0 Å². The van der Waals surface area contributed by atoms with Crippen LogP contribution in [-0.2, 0) is 9.53 Å². The minimum absolute atomic E-state index is 0.0264. The van der Waals surface area contributed by atoms with Gasteiger partial charge in [0.2, 0.25) is 5.91 Å². The van der Waals surface area contributed by atoms with Gasteiger partial charge >= 0.3 is 6.09 Å². The molecule has 6 nitrogen and oxygen atoms in total. The van der Waals surface area contributed by atoms with E-state index in [1.54, 1.807) is 9.80 Å². The van der Waals surface area contributed by atoms with Crippen LogP contribution < -0.4 is 5.73 Å². The van der Waals surface area contributed by atoms with Crippen molar-refractivity contribution < 1.29 is 14.3 Å². The van der Waals surface area contributed by atoms with E-state index < -0.39 is 6.04 Å². The Kier molecular flexibility index (Phi) is 6.62. The lowest BCUT2D eigenvalue weighted by atomic mass is 10.2. The van der Waals surface area contributed by atoms with Crippen molar-refractivity contribution in [3.05, 3.63) is 0 Å². The summed E-state index contributed by atoms with van der Waals surface area (Å²) >= 11 is 0. The number of nitrogens with two attached hydrogens (primary N) is 1. The molecule has 0 aliphatic carbocycles. The lowest BCUT2D eigenvalue weighted by Gasteiger charge is -2.35. The number of carbonyl (C=O) groups excluding carboxylic acids is 2. The minimum Gasteiger partial charge on any atom is -0.449 e. The monoisotopic (exact) mass is 271 g/mol. The van der Waals surface area contributed by atoms with Gasteiger partial charge in [0.15, 0.2) is 0 Å². The van der Waals surface area contributed by atoms with Gasteiger partial charge in [0, 0.05) is 26.2 Å². The highest BCUT2D eigenvalue weighted by atomic mass is 16.6. The Hall–Kier alpha value is -1.30. The van der Waals surface area contributed by atoms with Gasteiger partial charge in [0.25, 0.3) is 0 Å². The van der Waals surface area contributed by atoms with E-state index in [1.165, 1.54) is 0 Å². The van der Waals surface area contributed by atoms with Gasteiger partial charge in [-0.05, 0) is 12.8 Å². The van der Waals surface area contributed by atoms with Gasteiger partial charge in [-0.1, -0.05) is 20.3 Å². The summed E-state index contributed by atoms with van der Waals surface area (Å²) in [5, 5.41) is 0. The van der Waals surface area contributed by atoms with Gasteiger partial charge in [0.05, 0.1) is 12.6 Å². The molecule has 0 saturated carbocycles. The van der Waals surface area contributed by atoms with E-state index in [2.05, 4.69) is 6.92 Å². The molecular weight excluding hydrogens is 246 g/mol. The summed E-state index contributed by atoms with van der Waals surface area (Å²) in [7, 11) is 0. The van der Waals surface area contributed by atoms with Crippen LogP contribution in [0.4, 0.5) is 4.79 Å². The van der Waals surface area contributed by atoms with Gasteiger partial charge in [-0.25, -0.2) is 4.79 Å². The van der Waals surface area contributed by atoms with E-state index in [0.717, 1.165) is 12.8 Å². The Morgan fingerprint density at radius 3 is 2.26 bits per heavy atom. The fourth-order valence-corrected chi connectivity index (χ4v) is 1.91. The summed E-state index contributed by atoms with van der Waals surface area (Å²) in [5.74, 6) is -0.0264. The van der Waals surface area contributed by atoms with Crippen LogP contribution in [0.1, 0.15) is 33.1 Å². The maximum absolute atomic E-state index is 11.9. The Labute approximate surface area is 114 Å². The standard InChI is InChI=1S/C13H25N3O3/c1-3-5-10-19-13(18)16-8-6-15(7-9-16)12(17)11(14)4-2/h11H,3-10,14H2,1-2H3. The van der Waals surface area contributed by atoms with Crippen molar-refractivity contribution in [3.8, 4) is 0 Å². The molecule has 1 unspecified atom stereocenters. The molecular formula is C13H25N3O3. The molecule has 0 aromatic carbocycles. The number of amides is 2. The molecule has 0 bridgehead atoms. The molecule has 0 radical (unpaired) electrons. The van der Waals surface area contributed by atoms with Crippen LogP contribution >= 0.6 is 0 Å². The number of hydrogen-bond donors (Lipinski definition) is 1. The molecule has 110 valence electrons. The molecule has 0 aromatic heterocycles. The van der Waals surface area contributed by atoms with E-state index in [1.807, 2.05) is 6.92 Å². The Balaban J connectivity index is 2.32. The fraction of sp³-hybridized carbons (Fsp3) is 0.846. The largest absolute Gasteiger partial charge is 0.449 e. The zero-order chi connectivity index (χ0) is 14.3. The SMILES string of the molecule is CCCCOC(=O)N1CCN(C(=O)C(N)CC)CC1. The normalized spacial score (nSPS) is 17.2. The van der Waals surface area contributed by atoms with Crippen LogP contribution in [0.25, 0.3) is 0 Å². The number of piperazine rings is 1. The van der Waals surface area contributed by atoms with E-state index in [-0.39, 0.29) is 12.0 Å². The maximum atomic E-state index is 11.9. The molecule has 2 amide bonds. The predicted molar refractivity (Wildman–Crippen MR) is 72.7 cm³/mol. The van der Waals surface area contributed by atoms with Crippen LogP contribution in [0.2, 0.25) is 0 Å². The number of nitrogens with zero attached hydrogens (tertiary/aromatic N) is 2. The summed E-state index contributed by atoms with van der Waals surface area (Å²) in [6.07, 6.45) is 2.25. The topological polar surface area (TPSA) is 75.9 Å². The van der Waals surface area contributed by atoms with Crippen LogP contribution in [0.5, 0.6) is 0 Å². The maximum Gasteiger partial charge on any atom is 0.409 e. The third-order valence-electron chi connectivity index (χ3n) is 3.33. The predicted octanol–water partition coefficient (Wildman–Crippen LogP) is 0.805. The summed E-state index contributed by atoms with van der Waals surface area (Å²) in [5.41, 5.74) is 5.73. The van der Waals surface area contributed by atoms with Gasteiger partial charge in [-0.2, -0.15) is 0 Å². The van der Waals surface area contributed by atoms with Gasteiger partial charge in [0.1, 0.15) is 0 Å². The molecule has 1 saturated heterocycles. The fourth-order valence-electron chi connectivity index (χ4n) is 1.91. The third-order valence-corrected chi connectivity index (χ3v) is 3.33. The van der Waals surface area contributed by atoms with E-state index in [9.17, 15) is 9.59 Å². The lowest BCUT2D eigenvalue weighted by Crippen LogP contribution is -2.54. The first-order valence-electron chi connectivity index (χ1n) is 7.06. The average molecular weight is 271 g/mol. The van der Waals surface area contributed by atoms with Crippen molar-refractivity contribution >= 4 is 12.0 Å². The van der Waals surface area contributed by atoms with E-state index in [0.29, 0.717) is 39.2 Å². The van der Waals surface area contributed by atoms with Crippen molar-refractivity contribution in [2.75, 3.05) is 32.8 Å². The molecule has 1 rings (SSSR count). The van der Waals surface area contributed by atoms with Crippen molar-refractivity contribution in [2.24, 2.45) is 5.73 Å². The molecule has 1 heterocycles. The average Bonchev–Trinajstić information content (AvgIpc) is 2.46. The Bertz CT molecular complexity index is 302. The highest BCUT2D eigenvalue weighted by molar-refractivity contribution is 5.81. The first kappa shape index (κ1) is 15.8. The van der Waals surface area contributed by atoms with Gasteiger partial charge < -0.3 is 20.3 Å². The second-order valence-electron chi connectivity index (χ2n) is 4.79. The second-order valence-corrected chi connectivity index (χ2v) is 4.79. The lowest BCUT2D eigenvalue weighted by molar-refractivity contribution is -0.134. The molecule has 1 aliphatic rings. The van der Waals surface area contributed by atoms with Crippen molar-refractivity contribution in [3.63, 3.8) is 0 Å². The zero-order valence-corrected chi connectivity index (χ0v) is 11.9. The molecule has 6 heteroatoms. The second kappa shape index (κ2) is 7.99. The number of rotatable bonds is 5. The summed E-state index contributed by atoms with van der Waals surface area (Å²) in [6, 6.07) is -0.428. The molecule has 0 aromatic rings. The molecule has 0 spiro atoms. The quantitative estimate of drug-likeness (QED) is 0.751. The number of carbonyl (C=O) groups is 2. The summed E-state index contributed by atoms with van der Waals surface area (Å²) in [4.78, 5) is 27.0. The highest BCUT2D eigenvalue weighted by Crippen LogP contribution is 2.06. The van der Waals surface area contributed by atoms with E-state index in [4.69, 9.17) is 10.5 Å². The minimum atomic E-state index is -0.428. The first-order chi connectivity index (χ1) is 9.10. The Morgan fingerprint density at radius 1 is 1.16 bits per heavy atom. The third kappa shape index (κ3) is 4.70. The summed E-state index contributed by atoms with van der Waals surface area (Å²) < 4.78 is 5.15. The summed E-state index contributed by atoms with van der Waals surface area (Å²) in [6.45, 7) is 6.53. The smallest absolute Gasteiger partial charge is 0.409 e.